The van der Waals surface area contributed by atoms with Crippen molar-refractivity contribution in [3.05, 3.63) is 29.6 Å². The summed E-state index contributed by atoms with van der Waals surface area (Å²) < 4.78 is 34.2. The van der Waals surface area contributed by atoms with Gasteiger partial charge in [0.2, 0.25) is 5.78 Å². The van der Waals surface area contributed by atoms with Crippen LogP contribution in [0.2, 0.25) is 0 Å². The zero-order valence-electron chi connectivity index (χ0n) is 16.0. The van der Waals surface area contributed by atoms with Gasteiger partial charge in [0.1, 0.15) is 17.4 Å². The van der Waals surface area contributed by atoms with Gasteiger partial charge in [-0.25, -0.2) is 13.6 Å². The number of benzene rings is 1. The third kappa shape index (κ3) is 3.23. The molecule has 1 spiro atoms. The summed E-state index contributed by atoms with van der Waals surface area (Å²) in [6, 6.07) is 0.313. The zero-order valence-corrected chi connectivity index (χ0v) is 16.0. The summed E-state index contributed by atoms with van der Waals surface area (Å²) in [5.74, 6) is -3.17. The van der Waals surface area contributed by atoms with Gasteiger partial charge in [-0.1, -0.05) is 6.58 Å². The summed E-state index contributed by atoms with van der Waals surface area (Å²) in [7, 11) is 1.33. The maximum atomic E-state index is 15.2. The highest BCUT2D eigenvalue weighted by Gasteiger charge is 2.54. The fraction of sp³-hybridized carbons (Fsp3) is 0.500. The maximum absolute atomic E-state index is 15.2. The van der Waals surface area contributed by atoms with E-state index in [1.165, 1.54) is 7.11 Å². The van der Waals surface area contributed by atoms with Crippen molar-refractivity contribution in [1.29, 1.82) is 0 Å². The van der Waals surface area contributed by atoms with Crippen LogP contribution in [0, 0.1) is 11.2 Å². The van der Waals surface area contributed by atoms with Gasteiger partial charge in [0.25, 0.3) is 0 Å². The van der Waals surface area contributed by atoms with Crippen molar-refractivity contribution < 1.29 is 28.2 Å². The van der Waals surface area contributed by atoms with Crippen LogP contribution in [0.5, 0.6) is 5.75 Å². The van der Waals surface area contributed by atoms with Crippen LogP contribution in [-0.2, 0) is 4.79 Å². The van der Waals surface area contributed by atoms with Gasteiger partial charge in [0, 0.05) is 31.0 Å². The number of rotatable bonds is 7. The van der Waals surface area contributed by atoms with E-state index in [-0.39, 0.29) is 40.6 Å². The fourth-order valence-electron chi connectivity index (χ4n) is 4.04. The molecule has 7 nitrogen and oxygen atoms in total. The topological polar surface area (TPSA) is 105 Å². The second kappa shape index (κ2) is 6.69. The molecule has 1 aromatic rings. The maximum Gasteiger partial charge on any atom is 0.339 e. The number of carboxylic acid groups (broad SMARTS) is 1. The Morgan fingerprint density at radius 1 is 1.45 bits per heavy atom. The number of carbonyl (C=O) groups is 2. The molecule has 156 valence electrons. The monoisotopic (exact) mass is 407 g/mol. The van der Waals surface area contributed by atoms with Crippen LogP contribution in [0.4, 0.5) is 20.2 Å². The lowest BCUT2D eigenvalue weighted by Gasteiger charge is -2.25. The Morgan fingerprint density at radius 2 is 2.10 bits per heavy atom. The van der Waals surface area contributed by atoms with E-state index < -0.39 is 35.4 Å². The molecule has 1 saturated heterocycles. The summed E-state index contributed by atoms with van der Waals surface area (Å²) in [5, 5.41) is 12.0. The summed E-state index contributed by atoms with van der Waals surface area (Å²) in [6.07, 6.45) is 1.08. The SMILES string of the molecule is C=C(C(=O)O)C(=O)c1cc(F)c(N2C[C@@H](N)C3(CC3)C2)c(OC)c1N[C@@H]1C[C@@H]1F. The highest BCUT2D eigenvalue weighted by molar-refractivity contribution is 6.25. The minimum Gasteiger partial charge on any atom is -0.492 e. The summed E-state index contributed by atoms with van der Waals surface area (Å²) >= 11 is 0. The minimum atomic E-state index is -1.51. The van der Waals surface area contributed by atoms with Gasteiger partial charge in [-0.3, -0.25) is 4.79 Å². The molecule has 4 N–H and O–H groups in total. The van der Waals surface area contributed by atoms with Gasteiger partial charge in [0.15, 0.2) is 11.6 Å². The first kappa shape index (κ1) is 19.6. The van der Waals surface area contributed by atoms with Gasteiger partial charge in [-0.2, -0.15) is 0 Å². The van der Waals surface area contributed by atoms with Crippen molar-refractivity contribution in [2.75, 3.05) is 30.4 Å². The number of Topliss-reactive ketones (excluding diaryl/α,β-unsaturated/α-hetero) is 1. The molecule has 9 heteroatoms. The van der Waals surface area contributed by atoms with Crippen molar-refractivity contribution in [3.63, 3.8) is 0 Å². The van der Waals surface area contributed by atoms with Crippen LogP contribution in [0.15, 0.2) is 18.2 Å². The lowest BCUT2D eigenvalue weighted by atomic mass is 10.00. The van der Waals surface area contributed by atoms with E-state index >= 15 is 4.39 Å². The van der Waals surface area contributed by atoms with Crippen molar-refractivity contribution in [2.24, 2.45) is 11.1 Å². The second-order valence-corrected chi connectivity index (χ2v) is 8.13. The molecule has 1 aromatic carbocycles. The molecule has 0 bridgehead atoms. The Balaban J connectivity index is 1.80. The average Bonchev–Trinajstić information content (AvgIpc) is 3.56. The Bertz CT molecular complexity index is 915. The summed E-state index contributed by atoms with van der Waals surface area (Å²) in [5.41, 5.74) is 5.46. The summed E-state index contributed by atoms with van der Waals surface area (Å²) in [4.78, 5) is 25.6. The predicted octanol–water partition coefficient (Wildman–Crippen LogP) is 2.11. The Kier molecular flexibility index (Phi) is 4.53. The highest BCUT2D eigenvalue weighted by Crippen LogP contribution is 2.55. The number of ketones is 1. The molecule has 0 unspecified atom stereocenters. The number of alkyl halides is 1. The second-order valence-electron chi connectivity index (χ2n) is 8.13. The number of halogens is 2. The first-order chi connectivity index (χ1) is 13.7. The van der Waals surface area contributed by atoms with Crippen molar-refractivity contribution >= 4 is 23.1 Å². The molecular weight excluding hydrogens is 384 g/mol. The molecule has 0 aromatic heterocycles. The molecular formula is C20H23F2N3O4. The molecule has 3 atom stereocenters. The molecule has 2 aliphatic carbocycles. The van der Waals surface area contributed by atoms with Gasteiger partial charge in [0.05, 0.1) is 24.4 Å². The molecule has 2 saturated carbocycles. The normalized spacial score (nSPS) is 26.3. The van der Waals surface area contributed by atoms with Crippen molar-refractivity contribution in [3.8, 4) is 5.75 Å². The molecule has 29 heavy (non-hydrogen) atoms. The Morgan fingerprint density at radius 3 is 2.59 bits per heavy atom. The largest absolute Gasteiger partial charge is 0.492 e. The molecule has 3 fully saturated rings. The number of nitrogens with one attached hydrogen (secondary N) is 1. The average molecular weight is 407 g/mol. The first-order valence-corrected chi connectivity index (χ1v) is 9.47. The minimum absolute atomic E-state index is 0.0301. The molecule has 4 rings (SSSR count). The van der Waals surface area contributed by atoms with E-state index in [9.17, 15) is 14.0 Å². The molecule has 1 heterocycles. The van der Waals surface area contributed by atoms with E-state index in [0.29, 0.717) is 13.1 Å². The van der Waals surface area contributed by atoms with Gasteiger partial charge in [-0.15, -0.1) is 0 Å². The van der Waals surface area contributed by atoms with Crippen LogP contribution in [0.25, 0.3) is 0 Å². The van der Waals surface area contributed by atoms with Crippen molar-refractivity contribution in [2.45, 2.75) is 37.5 Å². The lowest BCUT2D eigenvalue weighted by molar-refractivity contribution is -0.132. The quantitative estimate of drug-likeness (QED) is 0.275. The van der Waals surface area contributed by atoms with E-state index in [1.807, 2.05) is 0 Å². The van der Waals surface area contributed by atoms with Crippen molar-refractivity contribution in [1.82, 2.24) is 0 Å². The number of carboxylic acids is 1. The molecule has 0 radical (unpaired) electrons. The van der Waals surface area contributed by atoms with Gasteiger partial charge >= 0.3 is 5.97 Å². The van der Waals surface area contributed by atoms with Crippen LogP contribution in [0.3, 0.4) is 0 Å². The Hall–Kier alpha value is -2.68. The summed E-state index contributed by atoms with van der Waals surface area (Å²) in [6.45, 7) is 4.25. The van der Waals surface area contributed by atoms with Crippen LogP contribution in [-0.4, -0.2) is 55.3 Å². The number of aliphatic carboxylic acids is 1. The number of carbonyl (C=O) groups excluding carboxylic acids is 1. The number of ether oxygens (including phenoxy) is 1. The zero-order chi connectivity index (χ0) is 21.1. The highest BCUT2D eigenvalue weighted by atomic mass is 19.1. The number of methoxy groups -OCH3 is 1. The predicted molar refractivity (Wildman–Crippen MR) is 103 cm³/mol. The number of nitrogens with zero attached hydrogens (tertiary/aromatic N) is 1. The molecule has 0 amide bonds. The van der Waals surface area contributed by atoms with Crippen LogP contribution in [0.1, 0.15) is 29.6 Å². The van der Waals surface area contributed by atoms with E-state index in [4.69, 9.17) is 15.6 Å². The third-order valence-electron chi connectivity index (χ3n) is 6.15. The fourth-order valence-corrected chi connectivity index (χ4v) is 4.04. The van der Waals surface area contributed by atoms with Gasteiger partial charge in [-0.05, 0) is 18.9 Å². The molecule has 3 aliphatic rings. The Labute approximate surface area is 166 Å². The number of hydrogen-bond donors (Lipinski definition) is 3. The smallest absolute Gasteiger partial charge is 0.339 e. The van der Waals surface area contributed by atoms with Gasteiger partial charge < -0.3 is 25.8 Å². The molecule has 1 aliphatic heterocycles. The number of nitrogens with two attached hydrogens (primary N) is 1. The standard InChI is InChI=1S/C20H23F2N3O4/c1-9(19(27)28)17(26)10-5-12(22)16(25-7-14(23)20(8-25)3-4-20)18(29-2)15(10)24-13-6-11(13)21/h5,11,13-14,24H,1,3-4,6-8,23H2,2H3,(H,27,28)/t11-,13+,14+/m0/s1. The van der Waals surface area contributed by atoms with E-state index in [0.717, 1.165) is 18.9 Å². The number of hydrogen-bond acceptors (Lipinski definition) is 6. The number of anilines is 2. The first-order valence-electron chi connectivity index (χ1n) is 9.47. The third-order valence-corrected chi connectivity index (χ3v) is 6.15. The lowest BCUT2D eigenvalue weighted by Crippen LogP contribution is -2.30. The van der Waals surface area contributed by atoms with E-state index in [2.05, 4.69) is 11.9 Å². The van der Waals surface area contributed by atoms with Crippen LogP contribution < -0.4 is 20.7 Å². The van der Waals surface area contributed by atoms with E-state index in [1.54, 1.807) is 4.90 Å². The van der Waals surface area contributed by atoms with Crippen LogP contribution >= 0.6 is 0 Å².